The average molecular weight is 239 g/mol. The maximum Gasteiger partial charge on any atom is 0.227 e. The predicted molar refractivity (Wildman–Crippen MR) is 65.9 cm³/mol. The van der Waals surface area contributed by atoms with E-state index in [1.165, 1.54) is 24.2 Å². The molecule has 2 N–H and O–H groups in total. The highest BCUT2D eigenvalue weighted by molar-refractivity contribution is 7.15. The first kappa shape index (κ1) is 11.5. The number of amides is 1. The molecule has 1 amide bonds. The van der Waals surface area contributed by atoms with Crippen molar-refractivity contribution in [2.75, 3.05) is 11.9 Å². The summed E-state index contributed by atoms with van der Waals surface area (Å²) >= 11 is 1.53. The number of thiazole rings is 1. The fourth-order valence-electron chi connectivity index (χ4n) is 1.39. The van der Waals surface area contributed by atoms with E-state index in [4.69, 9.17) is 0 Å². The van der Waals surface area contributed by atoms with Crippen LogP contribution < -0.4 is 10.6 Å². The summed E-state index contributed by atoms with van der Waals surface area (Å²) in [7, 11) is 0. The lowest BCUT2D eigenvalue weighted by molar-refractivity contribution is -0.116. The lowest BCUT2D eigenvalue weighted by Gasteiger charge is -2.02. The molecule has 1 aliphatic rings. The van der Waals surface area contributed by atoms with E-state index >= 15 is 0 Å². The highest BCUT2D eigenvalue weighted by Gasteiger charge is 2.20. The SMILES string of the molecule is Cc1nc(NC(=O)CCNC2CC2)sc1C. The number of carbonyl (C=O) groups excluding carboxylic acids is 1. The van der Waals surface area contributed by atoms with Gasteiger partial charge in [0.25, 0.3) is 0 Å². The highest BCUT2D eigenvalue weighted by atomic mass is 32.1. The zero-order valence-electron chi connectivity index (χ0n) is 9.67. The van der Waals surface area contributed by atoms with Gasteiger partial charge in [0.15, 0.2) is 5.13 Å². The minimum absolute atomic E-state index is 0.0434. The van der Waals surface area contributed by atoms with E-state index in [1.807, 2.05) is 13.8 Å². The number of hydrogen-bond donors (Lipinski definition) is 2. The number of carbonyl (C=O) groups is 1. The van der Waals surface area contributed by atoms with E-state index < -0.39 is 0 Å². The lowest BCUT2D eigenvalue weighted by Crippen LogP contribution is -2.23. The third-order valence-electron chi connectivity index (χ3n) is 2.64. The molecule has 0 bridgehead atoms. The van der Waals surface area contributed by atoms with Crippen molar-refractivity contribution in [3.05, 3.63) is 10.6 Å². The van der Waals surface area contributed by atoms with E-state index in [1.54, 1.807) is 0 Å². The van der Waals surface area contributed by atoms with Crippen molar-refractivity contribution in [1.82, 2.24) is 10.3 Å². The Morgan fingerprint density at radius 2 is 2.25 bits per heavy atom. The predicted octanol–water partition coefficient (Wildman–Crippen LogP) is 1.84. The smallest absolute Gasteiger partial charge is 0.227 e. The normalized spacial score (nSPS) is 15.1. The van der Waals surface area contributed by atoms with Crippen LogP contribution in [0.1, 0.15) is 29.8 Å². The monoisotopic (exact) mass is 239 g/mol. The van der Waals surface area contributed by atoms with Gasteiger partial charge < -0.3 is 10.6 Å². The summed E-state index contributed by atoms with van der Waals surface area (Å²) in [5.41, 5.74) is 0.997. The molecule has 0 atom stereocenters. The van der Waals surface area contributed by atoms with Gasteiger partial charge >= 0.3 is 0 Å². The van der Waals surface area contributed by atoms with Crippen LogP contribution in [0.15, 0.2) is 0 Å². The van der Waals surface area contributed by atoms with Gasteiger partial charge in [-0.3, -0.25) is 4.79 Å². The summed E-state index contributed by atoms with van der Waals surface area (Å²) in [5.74, 6) is 0.0434. The summed E-state index contributed by atoms with van der Waals surface area (Å²) in [6.07, 6.45) is 3.03. The molecule has 0 aliphatic heterocycles. The second-order valence-corrected chi connectivity index (χ2v) is 5.39. The molecule has 1 aromatic rings. The van der Waals surface area contributed by atoms with Crippen molar-refractivity contribution < 1.29 is 4.79 Å². The summed E-state index contributed by atoms with van der Waals surface area (Å²) < 4.78 is 0. The van der Waals surface area contributed by atoms with Crippen molar-refractivity contribution in [2.45, 2.75) is 39.2 Å². The fraction of sp³-hybridized carbons (Fsp3) is 0.636. The molecule has 1 heterocycles. The molecule has 0 spiro atoms. The molecule has 1 aliphatic carbocycles. The van der Waals surface area contributed by atoms with Gasteiger partial charge in [-0.15, -0.1) is 11.3 Å². The van der Waals surface area contributed by atoms with Crippen LogP contribution >= 0.6 is 11.3 Å². The average Bonchev–Trinajstić information content (AvgIpc) is 2.96. The number of nitrogens with zero attached hydrogens (tertiary/aromatic N) is 1. The van der Waals surface area contributed by atoms with Gasteiger partial charge in [0.2, 0.25) is 5.91 Å². The number of rotatable bonds is 5. The van der Waals surface area contributed by atoms with Crippen LogP contribution in [0.4, 0.5) is 5.13 Å². The Balaban J connectivity index is 1.72. The van der Waals surface area contributed by atoms with Gasteiger partial charge in [0.05, 0.1) is 5.69 Å². The van der Waals surface area contributed by atoms with Crippen LogP contribution in [0.25, 0.3) is 0 Å². The van der Waals surface area contributed by atoms with Crippen LogP contribution in [0.2, 0.25) is 0 Å². The van der Waals surface area contributed by atoms with Gasteiger partial charge in [-0.2, -0.15) is 0 Å². The number of nitrogens with one attached hydrogen (secondary N) is 2. The molecule has 0 unspecified atom stereocenters. The molecule has 0 radical (unpaired) electrons. The zero-order chi connectivity index (χ0) is 11.5. The number of aryl methyl sites for hydroxylation is 2. The van der Waals surface area contributed by atoms with Crippen molar-refractivity contribution in [2.24, 2.45) is 0 Å². The Bertz CT molecular complexity index is 365. The summed E-state index contributed by atoms with van der Waals surface area (Å²) in [5, 5.41) is 6.85. The Labute approximate surface area is 99.5 Å². The maximum absolute atomic E-state index is 11.6. The van der Waals surface area contributed by atoms with Gasteiger partial charge in [-0.1, -0.05) is 0 Å². The summed E-state index contributed by atoms with van der Waals surface area (Å²) in [6, 6.07) is 0.664. The first-order valence-corrected chi connectivity index (χ1v) is 6.44. The van der Waals surface area contributed by atoms with E-state index in [9.17, 15) is 4.79 Å². The van der Waals surface area contributed by atoms with Crippen molar-refractivity contribution >= 4 is 22.4 Å². The van der Waals surface area contributed by atoms with Crippen LogP contribution in [-0.2, 0) is 4.79 Å². The molecule has 1 aromatic heterocycles. The first-order valence-electron chi connectivity index (χ1n) is 5.62. The third-order valence-corrected chi connectivity index (χ3v) is 3.63. The fourth-order valence-corrected chi connectivity index (χ4v) is 2.22. The quantitative estimate of drug-likeness (QED) is 0.824. The zero-order valence-corrected chi connectivity index (χ0v) is 10.5. The topological polar surface area (TPSA) is 54.0 Å². The molecule has 5 heteroatoms. The Morgan fingerprint density at radius 1 is 1.50 bits per heavy atom. The molecule has 4 nitrogen and oxygen atoms in total. The van der Waals surface area contributed by atoms with E-state index in [0.717, 1.165) is 17.1 Å². The molecule has 2 rings (SSSR count). The Hall–Kier alpha value is -0.940. The second kappa shape index (κ2) is 4.93. The molecular weight excluding hydrogens is 222 g/mol. The van der Waals surface area contributed by atoms with Crippen LogP contribution in [0.5, 0.6) is 0 Å². The number of anilines is 1. The maximum atomic E-state index is 11.6. The highest BCUT2D eigenvalue weighted by Crippen LogP contribution is 2.21. The van der Waals surface area contributed by atoms with Gasteiger partial charge in [0.1, 0.15) is 0 Å². The minimum atomic E-state index is 0.0434. The van der Waals surface area contributed by atoms with Crippen molar-refractivity contribution in [3.63, 3.8) is 0 Å². The van der Waals surface area contributed by atoms with Gasteiger partial charge in [-0.25, -0.2) is 4.98 Å². The molecule has 1 saturated carbocycles. The largest absolute Gasteiger partial charge is 0.313 e. The molecule has 1 fully saturated rings. The van der Waals surface area contributed by atoms with E-state index in [2.05, 4.69) is 15.6 Å². The first-order chi connectivity index (χ1) is 7.65. The molecular formula is C11H17N3OS. The Kier molecular flexibility index (Phi) is 3.56. The molecule has 0 saturated heterocycles. The summed E-state index contributed by atoms with van der Waals surface area (Å²) in [6.45, 7) is 4.73. The molecule has 0 aromatic carbocycles. The van der Waals surface area contributed by atoms with E-state index in [0.29, 0.717) is 17.6 Å². The third kappa shape index (κ3) is 3.28. The molecule has 16 heavy (non-hydrogen) atoms. The van der Waals surface area contributed by atoms with Gasteiger partial charge in [-0.05, 0) is 26.7 Å². The van der Waals surface area contributed by atoms with Crippen LogP contribution in [0, 0.1) is 13.8 Å². The number of aromatic nitrogens is 1. The number of hydrogen-bond acceptors (Lipinski definition) is 4. The molecule has 88 valence electrons. The standard InChI is InChI=1S/C11H17N3OS/c1-7-8(2)16-11(13-7)14-10(15)5-6-12-9-3-4-9/h9,12H,3-6H2,1-2H3,(H,13,14,15). The Morgan fingerprint density at radius 3 is 2.81 bits per heavy atom. The second-order valence-electron chi connectivity index (χ2n) is 4.19. The summed E-state index contributed by atoms with van der Waals surface area (Å²) in [4.78, 5) is 17.0. The van der Waals surface area contributed by atoms with Crippen LogP contribution in [0.3, 0.4) is 0 Å². The van der Waals surface area contributed by atoms with E-state index in [-0.39, 0.29) is 5.91 Å². The van der Waals surface area contributed by atoms with Gasteiger partial charge in [0, 0.05) is 23.9 Å². The lowest BCUT2D eigenvalue weighted by atomic mass is 10.4. The van der Waals surface area contributed by atoms with Crippen LogP contribution in [-0.4, -0.2) is 23.5 Å². The van der Waals surface area contributed by atoms with Crippen molar-refractivity contribution in [1.29, 1.82) is 0 Å². The van der Waals surface area contributed by atoms with Crippen molar-refractivity contribution in [3.8, 4) is 0 Å². The minimum Gasteiger partial charge on any atom is -0.313 e.